The van der Waals surface area contributed by atoms with Gasteiger partial charge in [-0.3, -0.25) is 0 Å². The van der Waals surface area contributed by atoms with Crippen LogP contribution in [-0.2, 0) is 0 Å². The molecule has 0 saturated carbocycles. The smallest absolute Gasteiger partial charge is 0.0468 e. The summed E-state index contributed by atoms with van der Waals surface area (Å²) in [5, 5.41) is 5.08. The van der Waals surface area contributed by atoms with E-state index < -0.39 is 0 Å². The molecule has 0 amide bonds. The lowest BCUT2D eigenvalue weighted by atomic mass is 9.77. The lowest BCUT2D eigenvalue weighted by Gasteiger charge is -2.28. The summed E-state index contributed by atoms with van der Waals surface area (Å²) in [4.78, 5) is 2.39. The summed E-state index contributed by atoms with van der Waals surface area (Å²) in [7, 11) is 0. The van der Waals surface area contributed by atoms with Gasteiger partial charge >= 0.3 is 0 Å². The van der Waals surface area contributed by atoms with E-state index in [-0.39, 0.29) is 0 Å². The van der Waals surface area contributed by atoms with E-state index >= 15 is 0 Å². The van der Waals surface area contributed by atoms with Gasteiger partial charge in [0.2, 0.25) is 0 Å². The summed E-state index contributed by atoms with van der Waals surface area (Å²) in [5.74, 6) is 0.448. The zero-order valence-electron chi connectivity index (χ0n) is 27.2. The molecule has 8 aromatic carbocycles. The molecule has 0 spiro atoms. The molecular weight excluding hydrogens is 579 g/mol. The number of hydrogen-bond donors (Lipinski definition) is 0. The molecule has 1 aliphatic rings. The molecule has 9 rings (SSSR count). The maximum absolute atomic E-state index is 2.39. The first kappa shape index (κ1) is 28.3. The van der Waals surface area contributed by atoms with Gasteiger partial charge in [0.05, 0.1) is 0 Å². The van der Waals surface area contributed by atoms with Crippen LogP contribution in [0.2, 0.25) is 0 Å². The highest BCUT2D eigenvalue weighted by Crippen LogP contribution is 2.51. The number of hydrogen-bond acceptors (Lipinski definition) is 1. The van der Waals surface area contributed by atoms with Crippen molar-refractivity contribution in [2.45, 2.75) is 19.8 Å². The van der Waals surface area contributed by atoms with Crippen molar-refractivity contribution in [3.05, 3.63) is 175 Å². The van der Waals surface area contributed by atoms with Crippen molar-refractivity contribution in [2.75, 3.05) is 4.90 Å². The molecule has 1 aliphatic carbocycles. The molecule has 1 heteroatoms. The van der Waals surface area contributed by atoms with Crippen LogP contribution < -0.4 is 4.90 Å². The standard InChI is InChI=1S/C47H35N/c1-31(2)35-14-9-15-42(25-35)48(41-21-18-34(19-22-41)32-10-5-3-6-11-32)43-23-20-38-28-45-46-29-39-24-36(33-12-7-4-8-13-33)16-17-37(39)27-44(46)47(45)30-40(38)26-43/h3-31H,1-2H3. The molecule has 0 fully saturated rings. The fourth-order valence-electron chi connectivity index (χ4n) is 7.26. The van der Waals surface area contributed by atoms with Crippen molar-refractivity contribution < 1.29 is 0 Å². The maximum Gasteiger partial charge on any atom is 0.0468 e. The van der Waals surface area contributed by atoms with Crippen LogP contribution in [0, 0.1) is 0 Å². The highest BCUT2D eigenvalue weighted by atomic mass is 15.1. The van der Waals surface area contributed by atoms with E-state index in [1.54, 1.807) is 0 Å². The van der Waals surface area contributed by atoms with Crippen LogP contribution >= 0.6 is 0 Å². The lowest BCUT2D eigenvalue weighted by molar-refractivity contribution is 0.866. The van der Waals surface area contributed by atoms with Crippen LogP contribution in [0.1, 0.15) is 25.3 Å². The Labute approximate surface area is 282 Å². The largest absolute Gasteiger partial charge is 0.310 e. The summed E-state index contributed by atoms with van der Waals surface area (Å²) >= 11 is 0. The van der Waals surface area contributed by atoms with Crippen molar-refractivity contribution in [2.24, 2.45) is 0 Å². The summed E-state index contributed by atoms with van der Waals surface area (Å²) < 4.78 is 0. The lowest BCUT2D eigenvalue weighted by Crippen LogP contribution is -2.10. The Kier molecular flexibility index (Phi) is 6.73. The predicted molar refractivity (Wildman–Crippen MR) is 206 cm³/mol. The number of anilines is 3. The van der Waals surface area contributed by atoms with Crippen LogP contribution in [0.4, 0.5) is 17.1 Å². The average Bonchev–Trinajstić information content (AvgIpc) is 3.14. The van der Waals surface area contributed by atoms with Crippen molar-refractivity contribution >= 4 is 38.6 Å². The first-order valence-electron chi connectivity index (χ1n) is 16.9. The Morgan fingerprint density at radius 3 is 1.44 bits per heavy atom. The average molecular weight is 614 g/mol. The molecule has 0 aromatic heterocycles. The van der Waals surface area contributed by atoms with Gasteiger partial charge < -0.3 is 4.90 Å². The molecule has 0 N–H and O–H groups in total. The van der Waals surface area contributed by atoms with Gasteiger partial charge in [0.15, 0.2) is 0 Å². The molecule has 0 atom stereocenters. The summed E-state index contributed by atoms with van der Waals surface area (Å²) in [5.41, 5.74) is 15.1. The quantitative estimate of drug-likeness (QED) is 0.180. The molecular formula is C47H35N. The van der Waals surface area contributed by atoms with Crippen molar-refractivity contribution in [3.63, 3.8) is 0 Å². The normalized spacial score (nSPS) is 11.7. The summed E-state index contributed by atoms with van der Waals surface area (Å²) in [6.07, 6.45) is 0. The number of fused-ring (bicyclic) bond motifs is 6. The first-order chi connectivity index (χ1) is 23.6. The van der Waals surface area contributed by atoms with Gasteiger partial charge in [-0.2, -0.15) is 0 Å². The van der Waals surface area contributed by atoms with Gasteiger partial charge in [-0.05, 0) is 144 Å². The SMILES string of the molecule is CC(C)c1cccc(N(c2ccc(-c3ccccc3)cc2)c2ccc3cc4c(cc3c2)-c2cc3ccc(-c5ccccc5)cc3cc2-4)c1. The fourth-order valence-corrected chi connectivity index (χ4v) is 7.26. The highest BCUT2D eigenvalue weighted by molar-refractivity contribution is 6.12. The minimum absolute atomic E-state index is 0.448. The Morgan fingerprint density at radius 1 is 0.333 bits per heavy atom. The van der Waals surface area contributed by atoms with E-state index in [0.717, 1.165) is 11.4 Å². The van der Waals surface area contributed by atoms with E-state index in [1.807, 2.05) is 0 Å². The minimum Gasteiger partial charge on any atom is -0.310 e. The van der Waals surface area contributed by atoms with Gasteiger partial charge in [-0.25, -0.2) is 0 Å². The molecule has 1 nitrogen and oxygen atoms in total. The molecule has 48 heavy (non-hydrogen) atoms. The second-order valence-corrected chi connectivity index (χ2v) is 13.3. The topological polar surface area (TPSA) is 3.24 Å². The Morgan fingerprint density at radius 2 is 0.812 bits per heavy atom. The molecule has 0 aliphatic heterocycles. The van der Waals surface area contributed by atoms with Crippen LogP contribution in [0.5, 0.6) is 0 Å². The van der Waals surface area contributed by atoms with E-state index in [9.17, 15) is 0 Å². The molecule has 0 saturated heterocycles. The number of benzene rings is 8. The zero-order chi connectivity index (χ0) is 32.2. The van der Waals surface area contributed by atoms with Gasteiger partial charge in [0.25, 0.3) is 0 Å². The maximum atomic E-state index is 2.39. The second kappa shape index (κ2) is 11.4. The summed E-state index contributed by atoms with van der Waals surface area (Å²) in [6, 6.07) is 62.4. The van der Waals surface area contributed by atoms with Crippen molar-refractivity contribution in [1.29, 1.82) is 0 Å². The van der Waals surface area contributed by atoms with Crippen molar-refractivity contribution in [3.8, 4) is 44.5 Å². The van der Waals surface area contributed by atoms with Gasteiger partial charge in [-0.15, -0.1) is 0 Å². The zero-order valence-corrected chi connectivity index (χ0v) is 27.2. The summed E-state index contributed by atoms with van der Waals surface area (Å²) in [6.45, 7) is 4.52. The first-order valence-corrected chi connectivity index (χ1v) is 16.9. The third-order valence-corrected chi connectivity index (χ3v) is 9.91. The minimum atomic E-state index is 0.448. The second-order valence-electron chi connectivity index (χ2n) is 13.3. The van der Waals surface area contributed by atoms with Crippen LogP contribution in [0.25, 0.3) is 66.1 Å². The van der Waals surface area contributed by atoms with Crippen molar-refractivity contribution in [1.82, 2.24) is 0 Å². The molecule has 8 aromatic rings. The highest BCUT2D eigenvalue weighted by Gasteiger charge is 2.24. The van der Waals surface area contributed by atoms with Gasteiger partial charge in [-0.1, -0.05) is 117 Å². The molecule has 0 bridgehead atoms. The predicted octanol–water partition coefficient (Wildman–Crippen LogP) is 13.6. The molecule has 0 unspecified atom stereocenters. The number of rotatable bonds is 6. The van der Waals surface area contributed by atoms with Crippen LogP contribution in [0.3, 0.4) is 0 Å². The van der Waals surface area contributed by atoms with Gasteiger partial charge in [0.1, 0.15) is 0 Å². The van der Waals surface area contributed by atoms with E-state index in [1.165, 1.54) is 77.3 Å². The molecule has 0 heterocycles. The molecule has 228 valence electrons. The Bertz CT molecular complexity index is 2460. The van der Waals surface area contributed by atoms with Crippen LogP contribution in [0.15, 0.2) is 170 Å². The monoisotopic (exact) mass is 613 g/mol. The van der Waals surface area contributed by atoms with Gasteiger partial charge in [0, 0.05) is 17.1 Å². The third-order valence-electron chi connectivity index (χ3n) is 9.91. The van der Waals surface area contributed by atoms with Crippen LogP contribution in [-0.4, -0.2) is 0 Å². The number of nitrogens with zero attached hydrogens (tertiary/aromatic N) is 1. The third kappa shape index (κ3) is 4.87. The molecule has 0 radical (unpaired) electrons. The Hall–Kier alpha value is -5.92. The Balaban J connectivity index is 1.12. The van der Waals surface area contributed by atoms with E-state index in [2.05, 4.69) is 189 Å². The van der Waals surface area contributed by atoms with E-state index in [4.69, 9.17) is 0 Å². The van der Waals surface area contributed by atoms with E-state index in [0.29, 0.717) is 5.92 Å². The fraction of sp³-hybridized carbons (Fsp3) is 0.0638.